The lowest BCUT2D eigenvalue weighted by Gasteiger charge is -2.04. The molecule has 100 valence electrons. The van der Waals surface area contributed by atoms with Crippen LogP contribution < -0.4 is 5.32 Å². The number of hydrogen-bond donors (Lipinski definition) is 1. The molecule has 0 bridgehead atoms. The van der Waals surface area contributed by atoms with Gasteiger partial charge in [-0.2, -0.15) is 0 Å². The normalized spacial score (nSPS) is 10.3. The van der Waals surface area contributed by atoms with Crippen molar-refractivity contribution in [2.75, 3.05) is 12.4 Å². The van der Waals surface area contributed by atoms with Crippen molar-refractivity contribution in [1.29, 1.82) is 0 Å². The smallest absolute Gasteiger partial charge is 0.357 e. The number of nitrogens with one attached hydrogen (secondary N) is 1. The Kier molecular flexibility index (Phi) is 4.01. The quantitative estimate of drug-likeness (QED) is 0.877. The highest BCUT2D eigenvalue weighted by molar-refractivity contribution is 7.15. The second-order valence-corrected chi connectivity index (χ2v) is 5.30. The summed E-state index contributed by atoms with van der Waals surface area (Å²) in [7, 11) is 1.28. The summed E-state index contributed by atoms with van der Waals surface area (Å²) in [6.07, 6.45) is 0. The summed E-state index contributed by atoms with van der Waals surface area (Å²) in [5, 5.41) is 3.60. The molecule has 0 aliphatic heterocycles. The van der Waals surface area contributed by atoms with Gasteiger partial charge in [0, 0.05) is 9.90 Å². The van der Waals surface area contributed by atoms with Crippen LogP contribution in [0.15, 0.2) is 18.2 Å². The number of aryl methyl sites for hydroxylation is 1. The molecule has 1 aromatic carbocycles. The summed E-state index contributed by atoms with van der Waals surface area (Å²) >= 11 is 7.03. The van der Waals surface area contributed by atoms with Crippen LogP contribution in [-0.4, -0.2) is 18.1 Å². The molecular weight excluding hydrogens is 291 g/mol. The van der Waals surface area contributed by atoms with Gasteiger partial charge in [-0.15, -0.1) is 11.3 Å². The Morgan fingerprint density at radius 2 is 2.26 bits per heavy atom. The van der Waals surface area contributed by atoms with Gasteiger partial charge in [0.1, 0.15) is 5.82 Å². The third kappa shape index (κ3) is 3.02. The van der Waals surface area contributed by atoms with Crippen LogP contribution in [0.1, 0.15) is 15.4 Å². The third-order valence-corrected chi connectivity index (χ3v) is 3.47. The first-order valence-corrected chi connectivity index (χ1v) is 6.48. The SMILES string of the molecule is COC(=O)c1nc(Nc2cc(Cl)ccc2F)sc1C. The Balaban J connectivity index is 2.29. The summed E-state index contributed by atoms with van der Waals surface area (Å²) in [6.45, 7) is 1.74. The molecule has 0 radical (unpaired) electrons. The Morgan fingerprint density at radius 3 is 2.95 bits per heavy atom. The molecule has 19 heavy (non-hydrogen) atoms. The van der Waals surface area contributed by atoms with Crippen molar-refractivity contribution in [1.82, 2.24) is 4.98 Å². The monoisotopic (exact) mass is 300 g/mol. The number of esters is 1. The maximum absolute atomic E-state index is 13.6. The van der Waals surface area contributed by atoms with Gasteiger partial charge in [-0.1, -0.05) is 11.6 Å². The molecule has 0 unspecified atom stereocenters. The van der Waals surface area contributed by atoms with Gasteiger partial charge in [0.05, 0.1) is 12.8 Å². The predicted octanol–water partition coefficient (Wildman–Crippen LogP) is 3.77. The second kappa shape index (κ2) is 5.54. The molecule has 0 atom stereocenters. The van der Waals surface area contributed by atoms with Crippen molar-refractivity contribution in [2.24, 2.45) is 0 Å². The highest BCUT2D eigenvalue weighted by Crippen LogP contribution is 2.28. The molecule has 1 heterocycles. The lowest BCUT2D eigenvalue weighted by atomic mass is 10.3. The van der Waals surface area contributed by atoms with Gasteiger partial charge >= 0.3 is 5.97 Å². The Labute approximate surface area is 118 Å². The summed E-state index contributed by atoms with van der Waals surface area (Å²) in [4.78, 5) is 16.2. The molecule has 0 aliphatic rings. The number of nitrogens with zero attached hydrogens (tertiary/aromatic N) is 1. The Hall–Kier alpha value is -1.66. The van der Waals surface area contributed by atoms with Crippen molar-refractivity contribution < 1.29 is 13.9 Å². The van der Waals surface area contributed by atoms with Crippen LogP contribution in [0.25, 0.3) is 0 Å². The van der Waals surface area contributed by atoms with Gasteiger partial charge < -0.3 is 10.1 Å². The van der Waals surface area contributed by atoms with Gasteiger partial charge in [-0.25, -0.2) is 14.2 Å². The molecule has 0 spiro atoms. The van der Waals surface area contributed by atoms with E-state index in [4.69, 9.17) is 11.6 Å². The van der Waals surface area contributed by atoms with Gasteiger partial charge in [-0.05, 0) is 25.1 Å². The van der Waals surface area contributed by atoms with Gasteiger partial charge in [-0.3, -0.25) is 0 Å². The van der Waals surface area contributed by atoms with Crippen LogP contribution in [0.2, 0.25) is 5.02 Å². The standard InChI is InChI=1S/C12H10ClFN2O2S/c1-6-10(11(17)18-2)16-12(19-6)15-9-5-7(13)3-4-8(9)14/h3-5H,1-2H3,(H,15,16). The lowest BCUT2D eigenvalue weighted by Crippen LogP contribution is -2.03. The molecule has 0 fully saturated rings. The molecule has 0 saturated heterocycles. The topological polar surface area (TPSA) is 51.2 Å². The minimum Gasteiger partial charge on any atom is -0.464 e. The molecular formula is C12H10ClFN2O2S. The van der Waals surface area contributed by atoms with Crippen molar-refractivity contribution in [3.8, 4) is 0 Å². The molecule has 4 nitrogen and oxygen atoms in total. The molecule has 0 saturated carbocycles. The number of ether oxygens (including phenoxy) is 1. The van der Waals surface area contributed by atoms with E-state index in [-0.39, 0.29) is 11.4 Å². The summed E-state index contributed by atoms with van der Waals surface area (Å²) in [6, 6.07) is 4.16. The minimum absolute atomic E-state index is 0.206. The molecule has 7 heteroatoms. The number of thiazole rings is 1. The maximum atomic E-state index is 13.6. The molecule has 2 aromatic rings. The van der Waals surface area contributed by atoms with Crippen LogP contribution in [0.5, 0.6) is 0 Å². The van der Waals surface area contributed by atoms with E-state index in [1.54, 1.807) is 6.92 Å². The number of hydrogen-bond acceptors (Lipinski definition) is 5. The van der Waals surface area contributed by atoms with Crippen LogP contribution in [0.3, 0.4) is 0 Å². The number of benzene rings is 1. The average molecular weight is 301 g/mol. The molecule has 1 N–H and O–H groups in total. The van der Waals surface area contributed by atoms with E-state index in [0.717, 1.165) is 0 Å². The summed E-state index contributed by atoms with van der Waals surface area (Å²) in [5.74, 6) is -0.967. The van der Waals surface area contributed by atoms with E-state index in [1.165, 1.54) is 36.6 Å². The van der Waals surface area contributed by atoms with E-state index in [1.807, 2.05) is 0 Å². The fourth-order valence-corrected chi connectivity index (χ4v) is 2.43. The predicted molar refractivity (Wildman–Crippen MR) is 72.9 cm³/mol. The van der Waals surface area contributed by atoms with E-state index >= 15 is 0 Å². The second-order valence-electron chi connectivity index (χ2n) is 3.66. The Morgan fingerprint density at radius 1 is 1.53 bits per heavy atom. The zero-order valence-corrected chi connectivity index (χ0v) is 11.7. The van der Waals surface area contributed by atoms with Crippen LogP contribution in [0, 0.1) is 12.7 Å². The third-order valence-electron chi connectivity index (χ3n) is 2.35. The van der Waals surface area contributed by atoms with E-state index in [0.29, 0.717) is 15.0 Å². The number of aromatic nitrogens is 1. The first-order chi connectivity index (χ1) is 9.01. The number of halogens is 2. The first kappa shape index (κ1) is 13.8. The number of carbonyl (C=O) groups is 1. The van der Waals surface area contributed by atoms with E-state index in [2.05, 4.69) is 15.0 Å². The molecule has 1 aromatic heterocycles. The summed E-state index contributed by atoms with van der Waals surface area (Å²) in [5.41, 5.74) is 0.426. The van der Waals surface area contributed by atoms with Crippen LogP contribution in [0.4, 0.5) is 15.2 Å². The van der Waals surface area contributed by atoms with Crippen molar-refractivity contribution >= 4 is 39.7 Å². The van der Waals surface area contributed by atoms with Crippen molar-refractivity contribution in [3.63, 3.8) is 0 Å². The molecule has 0 amide bonds. The number of methoxy groups -OCH3 is 1. The number of carbonyl (C=O) groups excluding carboxylic acids is 1. The zero-order chi connectivity index (χ0) is 14.0. The summed E-state index contributed by atoms with van der Waals surface area (Å²) < 4.78 is 18.2. The van der Waals surface area contributed by atoms with Gasteiger partial charge in [0.15, 0.2) is 10.8 Å². The van der Waals surface area contributed by atoms with Crippen LogP contribution >= 0.6 is 22.9 Å². The van der Waals surface area contributed by atoms with Gasteiger partial charge in [0.25, 0.3) is 0 Å². The Bertz CT molecular complexity index is 630. The average Bonchev–Trinajstić information content (AvgIpc) is 2.74. The number of anilines is 2. The lowest BCUT2D eigenvalue weighted by molar-refractivity contribution is 0.0594. The zero-order valence-electron chi connectivity index (χ0n) is 10.2. The highest BCUT2D eigenvalue weighted by Gasteiger charge is 2.16. The van der Waals surface area contributed by atoms with Gasteiger partial charge in [0.2, 0.25) is 0 Å². The maximum Gasteiger partial charge on any atom is 0.357 e. The highest BCUT2D eigenvalue weighted by atomic mass is 35.5. The van der Waals surface area contributed by atoms with E-state index in [9.17, 15) is 9.18 Å². The largest absolute Gasteiger partial charge is 0.464 e. The fourth-order valence-electron chi connectivity index (χ4n) is 1.44. The minimum atomic E-state index is -0.520. The molecule has 2 rings (SSSR count). The van der Waals surface area contributed by atoms with E-state index < -0.39 is 11.8 Å². The fraction of sp³-hybridized carbons (Fsp3) is 0.167. The number of rotatable bonds is 3. The van der Waals surface area contributed by atoms with Crippen molar-refractivity contribution in [3.05, 3.63) is 39.6 Å². The molecule has 0 aliphatic carbocycles. The van der Waals surface area contributed by atoms with Crippen LogP contribution in [-0.2, 0) is 4.74 Å². The van der Waals surface area contributed by atoms with Crippen molar-refractivity contribution in [2.45, 2.75) is 6.92 Å². The first-order valence-electron chi connectivity index (χ1n) is 5.29.